The van der Waals surface area contributed by atoms with Gasteiger partial charge < -0.3 is 14.5 Å². The molecule has 0 bridgehead atoms. The van der Waals surface area contributed by atoms with Gasteiger partial charge in [0, 0.05) is 17.7 Å². The summed E-state index contributed by atoms with van der Waals surface area (Å²) in [6, 6.07) is 18.2. The SMILES string of the molecule is CC(=O)c1ccc(-c2ccc(C(=O)OC(C)C(=O)NC(=O)NCc3ccccc3)o2)cc1. The summed E-state index contributed by atoms with van der Waals surface area (Å²) in [5.74, 6) is -1.35. The lowest BCUT2D eigenvalue weighted by atomic mass is 10.1. The minimum atomic E-state index is -1.21. The van der Waals surface area contributed by atoms with E-state index in [4.69, 9.17) is 9.15 Å². The zero-order chi connectivity index (χ0) is 23.1. The number of esters is 1. The first-order valence-electron chi connectivity index (χ1n) is 9.88. The third kappa shape index (κ3) is 5.91. The van der Waals surface area contributed by atoms with Crippen LogP contribution in [0.2, 0.25) is 0 Å². The summed E-state index contributed by atoms with van der Waals surface area (Å²) in [4.78, 5) is 47.7. The summed E-state index contributed by atoms with van der Waals surface area (Å²) in [5.41, 5.74) is 2.11. The van der Waals surface area contributed by atoms with Gasteiger partial charge in [0.2, 0.25) is 5.76 Å². The maximum Gasteiger partial charge on any atom is 0.375 e. The number of Topliss-reactive ketones (excluding diaryl/α,β-unsaturated/α-hetero) is 1. The van der Waals surface area contributed by atoms with E-state index in [9.17, 15) is 19.2 Å². The molecule has 3 rings (SSSR count). The molecule has 1 atom stereocenters. The van der Waals surface area contributed by atoms with E-state index in [1.165, 1.54) is 19.9 Å². The zero-order valence-electron chi connectivity index (χ0n) is 17.6. The van der Waals surface area contributed by atoms with Crippen molar-refractivity contribution < 1.29 is 28.3 Å². The molecule has 0 aliphatic rings. The van der Waals surface area contributed by atoms with E-state index in [2.05, 4.69) is 10.6 Å². The van der Waals surface area contributed by atoms with E-state index in [0.29, 0.717) is 16.9 Å². The minimum Gasteiger partial charge on any atom is -0.449 e. The van der Waals surface area contributed by atoms with Crippen molar-refractivity contribution in [2.45, 2.75) is 26.5 Å². The molecule has 0 saturated heterocycles. The number of nitrogens with one attached hydrogen (secondary N) is 2. The number of benzene rings is 2. The van der Waals surface area contributed by atoms with E-state index >= 15 is 0 Å². The van der Waals surface area contributed by atoms with E-state index < -0.39 is 24.0 Å². The Hall–Kier alpha value is -4.20. The topological polar surface area (TPSA) is 115 Å². The minimum absolute atomic E-state index is 0.0544. The number of rotatable bonds is 7. The normalized spacial score (nSPS) is 11.3. The number of hydrogen-bond donors (Lipinski definition) is 2. The zero-order valence-corrected chi connectivity index (χ0v) is 17.6. The molecular formula is C24H22N2O6. The van der Waals surface area contributed by atoms with Crippen LogP contribution in [0, 0.1) is 0 Å². The number of urea groups is 1. The average molecular weight is 434 g/mol. The summed E-state index contributed by atoms with van der Waals surface area (Å²) in [6.07, 6.45) is -1.21. The van der Waals surface area contributed by atoms with Gasteiger partial charge >= 0.3 is 12.0 Å². The van der Waals surface area contributed by atoms with E-state index in [1.807, 2.05) is 30.3 Å². The Morgan fingerprint density at radius 2 is 1.62 bits per heavy atom. The van der Waals surface area contributed by atoms with Crippen LogP contribution in [0.25, 0.3) is 11.3 Å². The molecule has 0 spiro atoms. The average Bonchev–Trinajstić information content (AvgIpc) is 3.29. The van der Waals surface area contributed by atoms with Gasteiger partial charge in [0.25, 0.3) is 5.91 Å². The molecule has 3 aromatic rings. The van der Waals surface area contributed by atoms with Crippen molar-refractivity contribution in [3.05, 3.63) is 83.6 Å². The number of hydrogen-bond acceptors (Lipinski definition) is 6. The standard InChI is InChI=1S/C24H22N2O6/c1-15(27)18-8-10-19(11-9-18)20-12-13-21(32-20)23(29)31-16(2)22(28)26-24(30)25-14-17-6-4-3-5-7-17/h3-13,16H,14H2,1-2H3,(H2,25,26,28,30). The molecule has 0 aliphatic carbocycles. The lowest BCUT2D eigenvalue weighted by molar-refractivity contribution is -0.128. The van der Waals surface area contributed by atoms with Crippen LogP contribution in [0.15, 0.2) is 71.1 Å². The summed E-state index contributed by atoms with van der Waals surface area (Å²) in [7, 11) is 0. The molecule has 8 heteroatoms. The lowest BCUT2D eigenvalue weighted by Crippen LogP contribution is -2.44. The third-order valence-electron chi connectivity index (χ3n) is 4.57. The van der Waals surface area contributed by atoms with Gasteiger partial charge in [-0.1, -0.05) is 54.6 Å². The van der Waals surface area contributed by atoms with Crippen molar-refractivity contribution in [2.75, 3.05) is 0 Å². The molecule has 0 radical (unpaired) electrons. The first-order valence-corrected chi connectivity index (χ1v) is 9.88. The van der Waals surface area contributed by atoms with Crippen LogP contribution in [0.1, 0.15) is 40.3 Å². The van der Waals surface area contributed by atoms with Gasteiger partial charge in [-0.25, -0.2) is 9.59 Å². The molecule has 0 aliphatic heterocycles. The van der Waals surface area contributed by atoms with Gasteiger partial charge in [0.1, 0.15) is 5.76 Å². The highest BCUT2D eigenvalue weighted by Crippen LogP contribution is 2.23. The molecule has 3 amide bonds. The number of amides is 3. The van der Waals surface area contributed by atoms with Crippen molar-refractivity contribution >= 4 is 23.7 Å². The summed E-state index contributed by atoms with van der Waals surface area (Å²) < 4.78 is 10.6. The fourth-order valence-electron chi connectivity index (χ4n) is 2.78. The Kier molecular flexibility index (Phi) is 7.17. The number of carbonyl (C=O) groups is 4. The molecule has 1 heterocycles. The van der Waals surface area contributed by atoms with Crippen molar-refractivity contribution in [3.8, 4) is 11.3 Å². The molecule has 1 unspecified atom stereocenters. The van der Waals surface area contributed by atoms with Crippen molar-refractivity contribution in [2.24, 2.45) is 0 Å². The number of furan rings is 1. The Morgan fingerprint density at radius 1 is 0.938 bits per heavy atom. The van der Waals surface area contributed by atoms with Gasteiger partial charge in [-0.3, -0.25) is 14.9 Å². The molecule has 0 fully saturated rings. The van der Waals surface area contributed by atoms with Gasteiger partial charge in [-0.05, 0) is 31.5 Å². The fourth-order valence-corrected chi connectivity index (χ4v) is 2.78. The van der Waals surface area contributed by atoms with Crippen LogP contribution in [0.3, 0.4) is 0 Å². The fraction of sp³-hybridized carbons (Fsp3) is 0.167. The number of ether oxygens (including phenoxy) is 1. The Labute approximate surface area is 184 Å². The molecule has 32 heavy (non-hydrogen) atoms. The van der Waals surface area contributed by atoms with Crippen molar-refractivity contribution in [3.63, 3.8) is 0 Å². The first-order chi connectivity index (χ1) is 15.3. The number of carbonyl (C=O) groups excluding carboxylic acids is 4. The second-order valence-electron chi connectivity index (χ2n) is 7.00. The highest BCUT2D eigenvalue weighted by Gasteiger charge is 2.23. The predicted molar refractivity (Wildman–Crippen MR) is 116 cm³/mol. The second-order valence-corrected chi connectivity index (χ2v) is 7.00. The second kappa shape index (κ2) is 10.2. The highest BCUT2D eigenvalue weighted by molar-refractivity contribution is 5.98. The largest absolute Gasteiger partial charge is 0.449 e. The van der Waals surface area contributed by atoms with Crippen LogP contribution >= 0.6 is 0 Å². The molecule has 2 N–H and O–H groups in total. The Bertz CT molecular complexity index is 1120. The molecule has 0 saturated carbocycles. The molecule has 164 valence electrons. The number of imide groups is 1. The van der Waals surface area contributed by atoms with Gasteiger partial charge in [0.15, 0.2) is 11.9 Å². The van der Waals surface area contributed by atoms with Crippen molar-refractivity contribution in [1.82, 2.24) is 10.6 Å². The Balaban J connectivity index is 1.52. The lowest BCUT2D eigenvalue weighted by Gasteiger charge is -2.12. The summed E-state index contributed by atoms with van der Waals surface area (Å²) in [5, 5.41) is 4.68. The molecule has 8 nitrogen and oxygen atoms in total. The highest BCUT2D eigenvalue weighted by atomic mass is 16.6. The quantitative estimate of drug-likeness (QED) is 0.433. The Morgan fingerprint density at radius 3 is 2.28 bits per heavy atom. The molecular weight excluding hydrogens is 412 g/mol. The first kappa shape index (κ1) is 22.5. The molecule has 1 aromatic heterocycles. The van der Waals surface area contributed by atoms with Crippen LogP contribution in [0.5, 0.6) is 0 Å². The maximum absolute atomic E-state index is 12.3. The van der Waals surface area contributed by atoms with E-state index in [-0.39, 0.29) is 18.1 Å². The van der Waals surface area contributed by atoms with E-state index in [1.54, 1.807) is 30.3 Å². The van der Waals surface area contributed by atoms with E-state index in [0.717, 1.165) is 5.56 Å². The van der Waals surface area contributed by atoms with Crippen LogP contribution in [0.4, 0.5) is 4.79 Å². The number of ketones is 1. The van der Waals surface area contributed by atoms with Gasteiger partial charge in [-0.15, -0.1) is 0 Å². The predicted octanol–water partition coefficient (Wildman–Crippen LogP) is 3.72. The van der Waals surface area contributed by atoms with Gasteiger partial charge in [-0.2, -0.15) is 0 Å². The summed E-state index contributed by atoms with van der Waals surface area (Å²) in [6.45, 7) is 3.07. The molecule has 2 aromatic carbocycles. The van der Waals surface area contributed by atoms with Crippen LogP contribution in [-0.4, -0.2) is 29.8 Å². The monoisotopic (exact) mass is 434 g/mol. The third-order valence-corrected chi connectivity index (χ3v) is 4.57. The van der Waals surface area contributed by atoms with Crippen LogP contribution < -0.4 is 10.6 Å². The van der Waals surface area contributed by atoms with Gasteiger partial charge in [0.05, 0.1) is 0 Å². The smallest absolute Gasteiger partial charge is 0.375 e. The van der Waals surface area contributed by atoms with Crippen molar-refractivity contribution in [1.29, 1.82) is 0 Å². The maximum atomic E-state index is 12.3. The van der Waals surface area contributed by atoms with Crippen LogP contribution in [-0.2, 0) is 16.1 Å². The summed E-state index contributed by atoms with van der Waals surface area (Å²) >= 11 is 0.